The highest BCUT2D eigenvalue weighted by atomic mass is 16.2. The summed E-state index contributed by atoms with van der Waals surface area (Å²) in [5, 5.41) is 6.47. The molecule has 0 aliphatic rings. The molecule has 0 bridgehead atoms. The SMILES string of the molecule is C/C(=N\NC(=O)c1ccnc(C)n1)c1ccc2ccccc2c1. The Morgan fingerprint density at radius 3 is 2.65 bits per heavy atom. The molecule has 114 valence electrons. The average Bonchev–Trinajstić information content (AvgIpc) is 2.59. The van der Waals surface area contributed by atoms with Crippen LogP contribution in [0.2, 0.25) is 0 Å². The number of fused-ring (bicyclic) bond motifs is 1. The van der Waals surface area contributed by atoms with E-state index in [4.69, 9.17) is 0 Å². The minimum absolute atomic E-state index is 0.299. The van der Waals surface area contributed by atoms with Crippen molar-refractivity contribution in [1.29, 1.82) is 0 Å². The van der Waals surface area contributed by atoms with Crippen molar-refractivity contribution in [3.63, 3.8) is 0 Å². The molecule has 0 aliphatic heterocycles. The number of hydrogen-bond acceptors (Lipinski definition) is 4. The smallest absolute Gasteiger partial charge is 0.266 e. The zero-order chi connectivity index (χ0) is 16.2. The van der Waals surface area contributed by atoms with E-state index in [9.17, 15) is 4.79 Å². The molecule has 5 nitrogen and oxygen atoms in total. The normalized spacial score (nSPS) is 11.5. The van der Waals surface area contributed by atoms with E-state index in [0.29, 0.717) is 11.5 Å². The molecule has 3 rings (SSSR count). The minimum atomic E-state index is -0.351. The third-order valence-electron chi connectivity index (χ3n) is 3.50. The molecule has 2 aromatic carbocycles. The van der Waals surface area contributed by atoms with Crippen molar-refractivity contribution in [2.45, 2.75) is 13.8 Å². The maximum absolute atomic E-state index is 12.0. The number of hydrogen-bond donors (Lipinski definition) is 1. The number of aromatic nitrogens is 2. The van der Waals surface area contributed by atoms with Crippen LogP contribution in [-0.4, -0.2) is 21.6 Å². The van der Waals surface area contributed by atoms with Gasteiger partial charge in [-0.2, -0.15) is 5.10 Å². The Bertz CT molecular complexity index is 902. The number of benzene rings is 2. The average molecular weight is 304 g/mol. The summed E-state index contributed by atoms with van der Waals surface area (Å²) in [4.78, 5) is 20.1. The number of amides is 1. The van der Waals surface area contributed by atoms with Gasteiger partial charge in [-0.05, 0) is 42.3 Å². The molecule has 5 heteroatoms. The number of rotatable bonds is 3. The summed E-state index contributed by atoms with van der Waals surface area (Å²) in [5.41, 5.74) is 4.52. The van der Waals surface area contributed by atoms with Gasteiger partial charge in [0.2, 0.25) is 0 Å². The van der Waals surface area contributed by atoms with Crippen LogP contribution in [-0.2, 0) is 0 Å². The van der Waals surface area contributed by atoms with Crippen molar-refractivity contribution in [1.82, 2.24) is 15.4 Å². The summed E-state index contributed by atoms with van der Waals surface area (Å²) in [5.74, 6) is 0.198. The third kappa shape index (κ3) is 3.40. The second-order valence-electron chi connectivity index (χ2n) is 5.19. The first-order valence-corrected chi connectivity index (χ1v) is 7.27. The van der Waals surface area contributed by atoms with Crippen LogP contribution in [0.15, 0.2) is 59.8 Å². The van der Waals surface area contributed by atoms with Crippen LogP contribution in [0.5, 0.6) is 0 Å². The Morgan fingerprint density at radius 1 is 1.09 bits per heavy atom. The highest BCUT2D eigenvalue weighted by Crippen LogP contribution is 2.16. The maximum Gasteiger partial charge on any atom is 0.290 e. The fourth-order valence-electron chi connectivity index (χ4n) is 2.25. The van der Waals surface area contributed by atoms with Gasteiger partial charge in [-0.15, -0.1) is 0 Å². The third-order valence-corrected chi connectivity index (χ3v) is 3.50. The van der Waals surface area contributed by atoms with Crippen molar-refractivity contribution in [3.05, 3.63) is 71.8 Å². The van der Waals surface area contributed by atoms with Gasteiger partial charge in [-0.1, -0.05) is 36.4 Å². The molecule has 0 aliphatic carbocycles. The van der Waals surface area contributed by atoms with Gasteiger partial charge in [0.25, 0.3) is 5.91 Å². The number of nitrogens with zero attached hydrogens (tertiary/aromatic N) is 3. The first kappa shape index (κ1) is 14.8. The Hall–Kier alpha value is -3.08. The van der Waals surface area contributed by atoms with Crippen LogP contribution in [0, 0.1) is 6.92 Å². The van der Waals surface area contributed by atoms with Crippen LogP contribution in [0.1, 0.15) is 28.8 Å². The Morgan fingerprint density at radius 2 is 1.87 bits per heavy atom. The quantitative estimate of drug-likeness (QED) is 0.597. The zero-order valence-corrected chi connectivity index (χ0v) is 12.9. The van der Waals surface area contributed by atoms with Gasteiger partial charge >= 0.3 is 0 Å². The van der Waals surface area contributed by atoms with Crippen molar-refractivity contribution < 1.29 is 4.79 Å². The standard InChI is InChI=1S/C18H16N4O/c1-12(15-8-7-14-5-3-4-6-16(14)11-15)21-22-18(23)17-9-10-19-13(2)20-17/h3-11H,1-2H3,(H,22,23)/b21-12+. The lowest BCUT2D eigenvalue weighted by Crippen LogP contribution is -2.21. The van der Waals surface area contributed by atoms with E-state index in [1.807, 2.05) is 37.3 Å². The molecule has 0 saturated heterocycles. The first-order chi connectivity index (χ1) is 11.1. The van der Waals surface area contributed by atoms with Crippen molar-refractivity contribution in [3.8, 4) is 0 Å². The van der Waals surface area contributed by atoms with E-state index in [0.717, 1.165) is 16.7 Å². The number of carbonyl (C=O) groups is 1. The Balaban J connectivity index is 1.79. The molecule has 3 aromatic rings. The highest BCUT2D eigenvalue weighted by Gasteiger charge is 2.07. The molecular weight excluding hydrogens is 288 g/mol. The zero-order valence-electron chi connectivity index (χ0n) is 12.9. The van der Waals surface area contributed by atoms with Crippen molar-refractivity contribution >= 4 is 22.4 Å². The molecule has 23 heavy (non-hydrogen) atoms. The molecule has 0 radical (unpaired) electrons. The van der Waals surface area contributed by atoms with Gasteiger partial charge in [-0.3, -0.25) is 4.79 Å². The number of hydrazone groups is 1. The fourth-order valence-corrected chi connectivity index (χ4v) is 2.25. The van der Waals surface area contributed by atoms with Crippen LogP contribution < -0.4 is 5.43 Å². The summed E-state index contributed by atoms with van der Waals surface area (Å²) >= 11 is 0. The summed E-state index contributed by atoms with van der Waals surface area (Å²) in [6, 6.07) is 15.8. The van der Waals surface area contributed by atoms with Gasteiger partial charge in [-0.25, -0.2) is 15.4 Å². The molecule has 1 amide bonds. The second kappa shape index (κ2) is 6.36. The lowest BCUT2D eigenvalue weighted by Gasteiger charge is -2.05. The second-order valence-corrected chi connectivity index (χ2v) is 5.19. The summed E-state index contributed by atoms with van der Waals surface area (Å²) in [6.07, 6.45) is 1.55. The van der Waals surface area contributed by atoms with Gasteiger partial charge in [0.05, 0.1) is 5.71 Å². The molecule has 1 heterocycles. The number of aryl methyl sites for hydroxylation is 1. The van der Waals surface area contributed by atoms with Crippen LogP contribution in [0.3, 0.4) is 0 Å². The van der Waals surface area contributed by atoms with Gasteiger partial charge in [0.1, 0.15) is 11.5 Å². The van der Waals surface area contributed by atoms with Crippen LogP contribution >= 0.6 is 0 Å². The molecule has 0 spiro atoms. The van der Waals surface area contributed by atoms with Crippen LogP contribution in [0.4, 0.5) is 0 Å². The molecule has 1 N–H and O–H groups in total. The monoisotopic (exact) mass is 304 g/mol. The molecular formula is C18H16N4O. The topological polar surface area (TPSA) is 67.2 Å². The molecule has 0 unspecified atom stereocenters. The molecule has 0 saturated carbocycles. The van der Waals surface area contributed by atoms with E-state index in [1.54, 1.807) is 19.2 Å². The van der Waals surface area contributed by atoms with Gasteiger partial charge < -0.3 is 0 Å². The summed E-state index contributed by atoms with van der Waals surface area (Å²) in [7, 11) is 0. The maximum atomic E-state index is 12.0. The number of nitrogens with one attached hydrogen (secondary N) is 1. The lowest BCUT2D eigenvalue weighted by atomic mass is 10.0. The predicted octanol–water partition coefficient (Wildman–Crippen LogP) is 3.09. The minimum Gasteiger partial charge on any atom is -0.266 e. The Labute approximate surface area is 134 Å². The predicted molar refractivity (Wildman–Crippen MR) is 90.4 cm³/mol. The summed E-state index contributed by atoms with van der Waals surface area (Å²) < 4.78 is 0. The lowest BCUT2D eigenvalue weighted by molar-refractivity contribution is 0.0949. The van der Waals surface area contributed by atoms with Crippen LogP contribution in [0.25, 0.3) is 10.8 Å². The highest BCUT2D eigenvalue weighted by molar-refractivity contribution is 6.03. The molecule has 0 atom stereocenters. The van der Waals surface area contributed by atoms with Gasteiger partial charge in [0.15, 0.2) is 0 Å². The van der Waals surface area contributed by atoms with E-state index < -0.39 is 0 Å². The van der Waals surface area contributed by atoms with Crippen molar-refractivity contribution in [2.75, 3.05) is 0 Å². The summed E-state index contributed by atoms with van der Waals surface area (Å²) in [6.45, 7) is 3.59. The fraction of sp³-hybridized carbons (Fsp3) is 0.111. The van der Waals surface area contributed by atoms with Gasteiger partial charge in [0, 0.05) is 6.20 Å². The van der Waals surface area contributed by atoms with E-state index in [-0.39, 0.29) is 5.91 Å². The largest absolute Gasteiger partial charge is 0.290 e. The number of carbonyl (C=O) groups excluding carboxylic acids is 1. The van der Waals surface area contributed by atoms with E-state index >= 15 is 0 Å². The first-order valence-electron chi connectivity index (χ1n) is 7.27. The van der Waals surface area contributed by atoms with Crippen molar-refractivity contribution in [2.24, 2.45) is 5.10 Å². The molecule has 0 fully saturated rings. The van der Waals surface area contributed by atoms with E-state index in [1.165, 1.54) is 5.39 Å². The van der Waals surface area contributed by atoms with E-state index in [2.05, 4.69) is 32.6 Å². The Kier molecular flexibility index (Phi) is 4.10. The molecule has 1 aromatic heterocycles.